The molecule has 2 aromatic carbocycles. The Morgan fingerprint density at radius 2 is 1.83 bits per heavy atom. The second-order valence-corrected chi connectivity index (χ2v) is 9.17. The molecule has 0 N–H and O–H groups in total. The molecule has 0 unspecified atom stereocenters. The Balaban J connectivity index is 1.64. The third-order valence-corrected chi connectivity index (χ3v) is 6.80. The zero-order valence-corrected chi connectivity index (χ0v) is 16.4. The van der Waals surface area contributed by atoms with E-state index in [4.69, 9.17) is 0 Å². The zero-order valence-electron chi connectivity index (χ0n) is 15.6. The maximum atomic E-state index is 13.3. The van der Waals surface area contributed by atoms with Gasteiger partial charge in [-0.15, -0.1) is 8.78 Å². The van der Waals surface area contributed by atoms with Gasteiger partial charge < -0.3 is 9.47 Å². The lowest BCUT2D eigenvalue weighted by molar-refractivity contribution is -0.286. The molecule has 7 nitrogen and oxygen atoms in total. The lowest BCUT2D eigenvalue weighted by Gasteiger charge is -2.19. The normalized spacial score (nSPS) is 16.9. The molecule has 0 spiro atoms. The van der Waals surface area contributed by atoms with Crippen LogP contribution in [-0.4, -0.2) is 31.4 Å². The lowest BCUT2D eigenvalue weighted by atomic mass is 10.1. The van der Waals surface area contributed by atoms with E-state index in [0.717, 1.165) is 0 Å². The van der Waals surface area contributed by atoms with Crippen LogP contribution in [0.4, 0.5) is 14.6 Å². The van der Waals surface area contributed by atoms with E-state index in [2.05, 4.69) is 14.5 Å². The molecule has 3 heterocycles. The van der Waals surface area contributed by atoms with Crippen molar-refractivity contribution in [1.29, 1.82) is 0 Å². The van der Waals surface area contributed by atoms with Gasteiger partial charge in [0.25, 0.3) is 5.91 Å². The molecule has 0 fully saturated rings. The fourth-order valence-electron chi connectivity index (χ4n) is 3.59. The molecule has 2 aliphatic heterocycles. The molecule has 2 aliphatic rings. The van der Waals surface area contributed by atoms with Crippen LogP contribution in [0.3, 0.4) is 0 Å². The molecule has 3 aromatic rings. The van der Waals surface area contributed by atoms with E-state index in [1.807, 2.05) is 0 Å². The summed E-state index contributed by atoms with van der Waals surface area (Å²) in [7, 11) is -3.70. The Hall–Kier alpha value is -3.27. The number of sulfone groups is 1. The predicted molar refractivity (Wildman–Crippen MR) is 103 cm³/mol. The van der Waals surface area contributed by atoms with Crippen LogP contribution in [0, 0.1) is 0 Å². The number of ether oxygens (including phenoxy) is 2. The SMILES string of the molecule is CCS(=O)(=O)c1cc2ccccc2nc1N1Cc2cc3c(cc2C1=O)OC(F)(F)O3. The Bertz CT molecular complexity index is 1340. The van der Waals surface area contributed by atoms with E-state index in [0.29, 0.717) is 16.5 Å². The highest BCUT2D eigenvalue weighted by molar-refractivity contribution is 7.91. The van der Waals surface area contributed by atoms with Crippen molar-refractivity contribution in [2.24, 2.45) is 0 Å². The molecule has 0 saturated carbocycles. The van der Waals surface area contributed by atoms with Crippen molar-refractivity contribution in [2.75, 3.05) is 10.7 Å². The smallest absolute Gasteiger partial charge is 0.395 e. The topological polar surface area (TPSA) is 85.8 Å². The third kappa shape index (κ3) is 2.78. The third-order valence-electron chi connectivity index (χ3n) is 5.07. The Morgan fingerprint density at radius 3 is 2.57 bits per heavy atom. The number of nitrogens with zero attached hydrogens (tertiary/aromatic N) is 2. The van der Waals surface area contributed by atoms with Gasteiger partial charge >= 0.3 is 6.29 Å². The van der Waals surface area contributed by atoms with Crippen molar-refractivity contribution >= 4 is 32.5 Å². The van der Waals surface area contributed by atoms with Crippen LogP contribution >= 0.6 is 0 Å². The highest BCUT2D eigenvalue weighted by Gasteiger charge is 2.45. The molecule has 154 valence electrons. The summed E-state index contributed by atoms with van der Waals surface area (Å²) in [5, 5.41) is 0.625. The molecule has 0 bridgehead atoms. The molecule has 10 heteroatoms. The lowest BCUT2D eigenvalue weighted by Crippen LogP contribution is -2.27. The van der Waals surface area contributed by atoms with Crippen molar-refractivity contribution < 1.29 is 31.5 Å². The number of pyridine rings is 1. The fourth-order valence-corrected chi connectivity index (χ4v) is 4.64. The van der Waals surface area contributed by atoms with E-state index in [-0.39, 0.29) is 40.1 Å². The van der Waals surface area contributed by atoms with Gasteiger partial charge in [0.05, 0.1) is 17.8 Å². The first-order valence-corrected chi connectivity index (χ1v) is 10.7. The highest BCUT2D eigenvalue weighted by atomic mass is 32.2. The van der Waals surface area contributed by atoms with Gasteiger partial charge in [-0.05, 0) is 29.8 Å². The second-order valence-electron chi connectivity index (χ2n) is 6.92. The summed E-state index contributed by atoms with van der Waals surface area (Å²) in [6.45, 7) is 1.47. The van der Waals surface area contributed by atoms with Gasteiger partial charge in [-0.2, -0.15) is 0 Å². The number of rotatable bonds is 3. The summed E-state index contributed by atoms with van der Waals surface area (Å²) in [6.07, 6.45) is -3.79. The molecule has 0 atom stereocenters. The number of anilines is 1. The summed E-state index contributed by atoms with van der Waals surface area (Å²) in [5.41, 5.74) is 1.07. The van der Waals surface area contributed by atoms with Crippen molar-refractivity contribution in [3.8, 4) is 11.5 Å². The van der Waals surface area contributed by atoms with E-state index in [1.165, 1.54) is 30.0 Å². The molecule has 1 amide bonds. The van der Waals surface area contributed by atoms with Crippen LogP contribution in [0.15, 0.2) is 47.4 Å². The minimum Gasteiger partial charge on any atom is -0.395 e. The molecule has 1 aromatic heterocycles. The van der Waals surface area contributed by atoms with E-state index < -0.39 is 22.0 Å². The summed E-state index contributed by atoms with van der Waals surface area (Å²) in [4.78, 5) is 18.7. The van der Waals surface area contributed by atoms with Gasteiger partial charge in [-0.1, -0.05) is 25.1 Å². The van der Waals surface area contributed by atoms with E-state index in [9.17, 15) is 22.0 Å². The van der Waals surface area contributed by atoms with Crippen LogP contribution in [0.5, 0.6) is 11.5 Å². The first kappa shape index (κ1) is 18.7. The monoisotopic (exact) mass is 432 g/mol. The van der Waals surface area contributed by atoms with Gasteiger partial charge in [0.15, 0.2) is 27.2 Å². The summed E-state index contributed by atoms with van der Waals surface area (Å²) >= 11 is 0. The van der Waals surface area contributed by atoms with E-state index in [1.54, 1.807) is 24.3 Å². The fraction of sp³-hybridized carbons (Fsp3) is 0.200. The molecule has 0 saturated heterocycles. The number of halogens is 2. The first-order valence-electron chi connectivity index (χ1n) is 9.06. The molecular weight excluding hydrogens is 418 g/mol. The molecular formula is C20H14F2N2O5S. The number of benzene rings is 2. The molecule has 30 heavy (non-hydrogen) atoms. The quantitative estimate of drug-likeness (QED) is 0.630. The van der Waals surface area contributed by atoms with Gasteiger partial charge in [0.2, 0.25) is 0 Å². The number of carbonyl (C=O) groups is 1. The first-order chi connectivity index (χ1) is 14.2. The average molecular weight is 432 g/mol. The number of aromatic nitrogens is 1. The van der Waals surface area contributed by atoms with Gasteiger partial charge in [-0.3, -0.25) is 9.69 Å². The average Bonchev–Trinajstić information content (AvgIpc) is 3.19. The maximum Gasteiger partial charge on any atom is 0.586 e. The van der Waals surface area contributed by atoms with Crippen molar-refractivity contribution in [1.82, 2.24) is 4.98 Å². The number of hydrogen-bond acceptors (Lipinski definition) is 6. The van der Waals surface area contributed by atoms with Crippen molar-refractivity contribution in [3.63, 3.8) is 0 Å². The van der Waals surface area contributed by atoms with Gasteiger partial charge in [-0.25, -0.2) is 13.4 Å². The number of alkyl halides is 2. The Kier molecular flexibility index (Phi) is 3.82. The number of amides is 1. The molecule has 0 aliphatic carbocycles. The second kappa shape index (κ2) is 6.11. The minimum absolute atomic E-state index is 0.00377. The Morgan fingerprint density at radius 1 is 1.13 bits per heavy atom. The summed E-state index contributed by atoms with van der Waals surface area (Å²) < 4.78 is 61.0. The summed E-state index contributed by atoms with van der Waals surface area (Å²) in [5.74, 6) is -1.14. The largest absolute Gasteiger partial charge is 0.586 e. The number of carbonyl (C=O) groups excluding carboxylic acids is 1. The number of fused-ring (bicyclic) bond motifs is 3. The standard InChI is InChI=1S/C20H14F2N2O5S/c1-2-30(26,27)17-8-11-5-3-4-6-14(11)23-18(17)24-10-12-7-15-16(9-13(12)19(24)25)29-20(21,22)28-15/h3-9H,2,10H2,1H3. The van der Waals surface area contributed by atoms with Crippen LogP contribution < -0.4 is 14.4 Å². The van der Waals surface area contributed by atoms with Crippen LogP contribution in [0.1, 0.15) is 22.8 Å². The molecule has 5 rings (SSSR count). The Labute approximate surface area is 169 Å². The van der Waals surface area contributed by atoms with Crippen molar-refractivity contribution in [3.05, 3.63) is 53.6 Å². The predicted octanol–water partition coefficient (Wildman–Crippen LogP) is 3.51. The van der Waals surface area contributed by atoms with Crippen LogP contribution in [0.25, 0.3) is 10.9 Å². The van der Waals surface area contributed by atoms with E-state index >= 15 is 0 Å². The van der Waals surface area contributed by atoms with Crippen LogP contribution in [-0.2, 0) is 16.4 Å². The minimum atomic E-state index is -3.79. The zero-order chi connectivity index (χ0) is 21.3. The van der Waals surface area contributed by atoms with Crippen molar-refractivity contribution in [2.45, 2.75) is 24.7 Å². The van der Waals surface area contributed by atoms with Gasteiger partial charge in [0, 0.05) is 10.9 Å². The maximum absolute atomic E-state index is 13.3. The molecule has 0 radical (unpaired) electrons. The summed E-state index contributed by atoms with van der Waals surface area (Å²) in [6, 6.07) is 11.0. The van der Waals surface area contributed by atoms with Crippen LogP contribution in [0.2, 0.25) is 0 Å². The highest BCUT2D eigenvalue weighted by Crippen LogP contribution is 2.45. The number of para-hydroxylation sites is 1. The number of hydrogen-bond donors (Lipinski definition) is 0. The van der Waals surface area contributed by atoms with Gasteiger partial charge in [0.1, 0.15) is 4.90 Å².